The number of carbonyl (C=O) groups excluding carboxylic acids is 1. The van der Waals surface area contributed by atoms with Gasteiger partial charge in [-0.1, -0.05) is 6.07 Å². The van der Waals surface area contributed by atoms with Crippen molar-refractivity contribution in [2.75, 3.05) is 26.1 Å². The van der Waals surface area contributed by atoms with E-state index in [-0.39, 0.29) is 18.6 Å². The Morgan fingerprint density at radius 2 is 1.69 bits per heavy atom. The Kier molecular flexibility index (Phi) is 7.29. The van der Waals surface area contributed by atoms with E-state index in [9.17, 15) is 4.79 Å². The lowest BCUT2D eigenvalue weighted by Gasteiger charge is -2.11. The number of methoxy groups -OCH3 is 2. The molecule has 0 bridgehead atoms. The van der Waals surface area contributed by atoms with Crippen LogP contribution in [0.5, 0.6) is 17.2 Å². The molecule has 140 valence electrons. The van der Waals surface area contributed by atoms with Gasteiger partial charge in [-0.3, -0.25) is 4.79 Å². The Morgan fingerprint density at radius 1 is 1.00 bits per heavy atom. The molecule has 0 atom stereocenters. The van der Waals surface area contributed by atoms with Crippen LogP contribution in [0.15, 0.2) is 42.5 Å². The lowest BCUT2D eigenvalue weighted by molar-refractivity contribution is -0.115. The molecule has 0 heterocycles. The van der Waals surface area contributed by atoms with E-state index >= 15 is 0 Å². The molecule has 0 saturated carbocycles. The number of nitrogens with one attached hydrogen (secondary N) is 2. The van der Waals surface area contributed by atoms with Crippen LogP contribution in [-0.4, -0.2) is 32.8 Å². The lowest BCUT2D eigenvalue weighted by Crippen LogP contribution is -2.27. The molecule has 0 aromatic heterocycles. The van der Waals surface area contributed by atoms with E-state index in [2.05, 4.69) is 10.6 Å². The number of anilines is 1. The van der Waals surface area contributed by atoms with Crippen LogP contribution in [-0.2, 0) is 11.3 Å². The van der Waals surface area contributed by atoms with Crippen LogP contribution < -0.4 is 24.8 Å². The van der Waals surface area contributed by atoms with E-state index < -0.39 is 0 Å². The summed E-state index contributed by atoms with van der Waals surface area (Å²) in [4.78, 5) is 12.0. The van der Waals surface area contributed by atoms with Crippen LogP contribution in [0.2, 0.25) is 0 Å². The van der Waals surface area contributed by atoms with Gasteiger partial charge in [0.1, 0.15) is 5.75 Å². The Hall–Kier alpha value is -2.73. The zero-order chi connectivity index (χ0) is 18.9. The predicted octanol–water partition coefficient (Wildman–Crippen LogP) is 3.22. The number of ether oxygens (including phenoxy) is 3. The summed E-state index contributed by atoms with van der Waals surface area (Å²) in [6, 6.07) is 13.0. The summed E-state index contributed by atoms with van der Waals surface area (Å²) in [7, 11) is 3.20. The Balaban J connectivity index is 1.80. The molecule has 6 nitrogen and oxygen atoms in total. The molecule has 0 saturated heterocycles. The molecule has 0 unspecified atom stereocenters. The molecule has 0 radical (unpaired) electrons. The molecule has 1 amide bonds. The van der Waals surface area contributed by atoms with Gasteiger partial charge in [0.2, 0.25) is 5.91 Å². The fourth-order valence-corrected chi connectivity index (χ4v) is 2.41. The fraction of sp³-hybridized carbons (Fsp3) is 0.350. The topological polar surface area (TPSA) is 68.8 Å². The summed E-state index contributed by atoms with van der Waals surface area (Å²) in [6.45, 7) is 4.70. The first kappa shape index (κ1) is 19.6. The van der Waals surface area contributed by atoms with Gasteiger partial charge < -0.3 is 24.8 Å². The quantitative estimate of drug-likeness (QED) is 0.720. The van der Waals surface area contributed by atoms with E-state index in [0.717, 1.165) is 17.0 Å². The van der Waals surface area contributed by atoms with Crippen LogP contribution in [0, 0.1) is 0 Å². The Morgan fingerprint density at radius 3 is 2.31 bits per heavy atom. The number of hydrogen-bond acceptors (Lipinski definition) is 5. The minimum Gasteiger partial charge on any atom is -0.493 e. The standard InChI is InChI=1S/C20H26N2O4/c1-14(2)26-17-8-6-16(7-9-17)22-20(23)13-21-12-15-5-10-18(24-3)19(11-15)25-4/h5-11,14,21H,12-13H2,1-4H3,(H,22,23). The Bertz CT molecular complexity index is 714. The normalized spacial score (nSPS) is 10.5. The van der Waals surface area contributed by atoms with Gasteiger partial charge in [0, 0.05) is 12.2 Å². The molecule has 2 N–H and O–H groups in total. The minimum atomic E-state index is -0.108. The van der Waals surface area contributed by atoms with Crippen molar-refractivity contribution in [2.24, 2.45) is 0 Å². The van der Waals surface area contributed by atoms with Gasteiger partial charge in [-0.05, 0) is 55.8 Å². The zero-order valence-electron chi connectivity index (χ0n) is 15.7. The van der Waals surface area contributed by atoms with Gasteiger partial charge in [-0.25, -0.2) is 0 Å². The van der Waals surface area contributed by atoms with Crippen LogP contribution in [0.1, 0.15) is 19.4 Å². The highest BCUT2D eigenvalue weighted by atomic mass is 16.5. The van der Waals surface area contributed by atoms with Crippen LogP contribution in [0.3, 0.4) is 0 Å². The van der Waals surface area contributed by atoms with Crippen molar-refractivity contribution in [1.82, 2.24) is 5.32 Å². The molecule has 2 rings (SSSR count). The summed E-state index contributed by atoms with van der Waals surface area (Å²) >= 11 is 0. The van der Waals surface area contributed by atoms with Gasteiger partial charge in [-0.15, -0.1) is 0 Å². The third kappa shape index (κ3) is 5.97. The van der Waals surface area contributed by atoms with Crippen molar-refractivity contribution in [3.8, 4) is 17.2 Å². The third-order valence-electron chi connectivity index (χ3n) is 3.57. The largest absolute Gasteiger partial charge is 0.493 e. The van der Waals surface area contributed by atoms with E-state index in [1.165, 1.54) is 0 Å². The van der Waals surface area contributed by atoms with Crippen LogP contribution in [0.4, 0.5) is 5.69 Å². The summed E-state index contributed by atoms with van der Waals surface area (Å²) < 4.78 is 16.1. The second-order valence-corrected chi connectivity index (χ2v) is 6.03. The van der Waals surface area contributed by atoms with E-state index in [0.29, 0.717) is 18.0 Å². The summed E-state index contributed by atoms with van der Waals surface area (Å²) in [5.74, 6) is 2.02. The van der Waals surface area contributed by atoms with Gasteiger partial charge in [0.15, 0.2) is 11.5 Å². The number of hydrogen-bond donors (Lipinski definition) is 2. The van der Waals surface area contributed by atoms with Crippen molar-refractivity contribution in [3.63, 3.8) is 0 Å². The second-order valence-electron chi connectivity index (χ2n) is 6.03. The van der Waals surface area contributed by atoms with Crippen molar-refractivity contribution >= 4 is 11.6 Å². The fourth-order valence-electron chi connectivity index (χ4n) is 2.41. The van der Waals surface area contributed by atoms with Crippen LogP contribution in [0.25, 0.3) is 0 Å². The van der Waals surface area contributed by atoms with Crippen molar-refractivity contribution in [2.45, 2.75) is 26.5 Å². The Labute approximate surface area is 154 Å². The number of benzene rings is 2. The highest BCUT2D eigenvalue weighted by Gasteiger charge is 2.06. The SMILES string of the molecule is COc1ccc(CNCC(=O)Nc2ccc(OC(C)C)cc2)cc1OC. The van der Waals surface area contributed by atoms with Crippen LogP contribution >= 0.6 is 0 Å². The molecule has 0 aliphatic carbocycles. The first-order valence-corrected chi connectivity index (χ1v) is 8.50. The van der Waals surface area contributed by atoms with Crippen molar-refractivity contribution in [1.29, 1.82) is 0 Å². The van der Waals surface area contributed by atoms with Gasteiger partial charge in [-0.2, -0.15) is 0 Å². The molecule has 2 aromatic rings. The zero-order valence-corrected chi connectivity index (χ0v) is 15.7. The summed E-state index contributed by atoms with van der Waals surface area (Å²) in [6.07, 6.45) is 0.121. The second kappa shape index (κ2) is 9.68. The van der Waals surface area contributed by atoms with Crippen molar-refractivity contribution in [3.05, 3.63) is 48.0 Å². The van der Waals surface area contributed by atoms with Gasteiger partial charge in [0.25, 0.3) is 0 Å². The summed E-state index contributed by atoms with van der Waals surface area (Å²) in [5, 5.41) is 5.96. The molecule has 2 aromatic carbocycles. The monoisotopic (exact) mass is 358 g/mol. The van der Waals surface area contributed by atoms with E-state index in [1.807, 2.05) is 56.3 Å². The molecule has 0 aliphatic heterocycles. The molecule has 26 heavy (non-hydrogen) atoms. The minimum absolute atomic E-state index is 0.108. The molecule has 6 heteroatoms. The lowest BCUT2D eigenvalue weighted by atomic mass is 10.2. The van der Waals surface area contributed by atoms with E-state index in [4.69, 9.17) is 14.2 Å². The van der Waals surface area contributed by atoms with Gasteiger partial charge in [0.05, 0.1) is 26.9 Å². The van der Waals surface area contributed by atoms with E-state index in [1.54, 1.807) is 14.2 Å². The maximum Gasteiger partial charge on any atom is 0.238 e. The first-order chi connectivity index (χ1) is 12.5. The smallest absolute Gasteiger partial charge is 0.238 e. The molecule has 0 spiro atoms. The summed E-state index contributed by atoms with van der Waals surface area (Å²) in [5.41, 5.74) is 1.74. The predicted molar refractivity (Wildman–Crippen MR) is 102 cm³/mol. The first-order valence-electron chi connectivity index (χ1n) is 8.50. The maximum absolute atomic E-state index is 12.0. The molecular weight excluding hydrogens is 332 g/mol. The average Bonchev–Trinajstić information content (AvgIpc) is 2.62. The third-order valence-corrected chi connectivity index (χ3v) is 3.57. The van der Waals surface area contributed by atoms with Gasteiger partial charge >= 0.3 is 0 Å². The molecule has 0 aliphatic rings. The number of amides is 1. The highest BCUT2D eigenvalue weighted by molar-refractivity contribution is 5.92. The maximum atomic E-state index is 12.0. The van der Waals surface area contributed by atoms with Crippen molar-refractivity contribution < 1.29 is 19.0 Å². The number of carbonyl (C=O) groups is 1. The number of rotatable bonds is 9. The molecular formula is C20H26N2O4. The average molecular weight is 358 g/mol. The highest BCUT2D eigenvalue weighted by Crippen LogP contribution is 2.27. The molecule has 0 fully saturated rings.